The van der Waals surface area contributed by atoms with Crippen LogP contribution in [-0.2, 0) is 44.6 Å². The number of hydrogen-bond acceptors (Lipinski definition) is 8. The lowest BCUT2D eigenvalue weighted by molar-refractivity contribution is 0.386. The summed E-state index contributed by atoms with van der Waals surface area (Å²) in [5.41, 5.74) is 8.05. The number of benzene rings is 4. The molecule has 4 aliphatic rings. The molecule has 5 unspecified atom stereocenters. The number of epoxide rings is 4. The number of phenolic OH excluding ortho intramolecular Hbond substituents is 4. The monoisotopic (exact) mass is 622 g/mol. The Morgan fingerprint density at radius 3 is 1.02 bits per heavy atom. The first-order chi connectivity index (χ1) is 22.4. The van der Waals surface area contributed by atoms with Gasteiger partial charge < -0.3 is 39.4 Å². The van der Waals surface area contributed by atoms with E-state index in [1.54, 1.807) is 36.4 Å². The third kappa shape index (κ3) is 6.31. The molecule has 0 bridgehead atoms. The van der Waals surface area contributed by atoms with E-state index in [2.05, 4.69) is 0 Å². The van der Waals surface area contributed by atoms with Crippen molar-refractivity contribution in [2.24, 2.45) is 0 Å². The topological polar surface area (TPSA) is 131 Å². The van der Waals surface area contributed by atoms with Gasteiger partial charge in [0.15, 0.2) is 0 Å². The second kappa shape index (κ2) is 11.9. The molecule has 0 aromatic heterocycles. The van der Waals surface area contributed by atoms with Crippen LogP contribution < -0.4 is 0 Å². The van der Waals surface area contributed by atoms with Gasteiger partial charge in [0.2, 0.25) is 0 Å². The van der Waals surface area contributed by atoms with Crippen molar-refractivity contribution < 1.29 is 39.4 Å². The van der Waals surface area contributed by atoms with Gasteiger partial charge in [-0.25, -0.2) is 0 Å². The van der Waals surface area contributed by atoms with Crippen molar-refractivity contribution in [2.45, 2.75) is 61.9 Å². The van der Waals surface area contributed by atoms with Crippen LogP contribution in [0.4, 0.5) is 0 Å². The maximum atomic E-state index is 12.1. The zero-order chi connectivity index (χ0) is 31.4. The molecular weight excluding hydrogens is 584 g/mol. The second-order valence-electron chi connectivity index (χ2n) is 13.0. The highest BCUT2D eigenvalue weighted by atomic mass is 16.6. The molecule has 0 radical (unpaired) electrons. The van der Waals surface area contributed by atoms with Gasteiger partial charge >= 0.3 is 0 Å². The zero-order valence-electron chi connectivity index (χ0n) is 25.5. The van der Waals surface area contributed by atoms with E-state index in [0.29, 0.717) is 57.9 Å². The first-order valence-corrected chi connectivity index (χ1v) is 16.1. The molecule has 8 heteroatoms. The fourth-order valence-electron chi connectivity index (χ4n) is 7.06. The predicted molar refractivity (Wildman–Crippen MR) is 170 cm³/mol. The van der Waals surface area contributed by atoms with Crippen LogP contribution in [0.15, 0.2) is 72.8 Å². The summed E-state index contributed by atoms with van der Waals surface area (Å²) < 4.78 is 23.1. The van der Waals surface area contributed by atoms with Crippen molar-refractivity contribution in [3.05, 3.63) is 117 Å². The van der Waals surface area contributed by atoms with Crippen molar-refractivity contribution in [2.75, 3.05) is 26.4 Å². The smallest absolute Gasteiger partial charge is 0.122 e. The number of rotatable bonds is 13. The average molecular weight is 623 g/mol. The summed E-state index contributed by atoms with van der Waals surface area (Å²) in [7, 11) is 0. The summed E-state index contributed by atoms with van der Waals surface area (Å²) >= 11 is 0. The van der Waals surface area contributed by atoms with E-state index >= 15 is 0 Å². The lowest BCUT2D eigenvalue weighted by Crippen LogP contribution is -2.23. The van der Waals surface area contributed by atoms with Crippen molar-refractivity contribution in [1.82, 2.24) is 0 Å². The largest absolute Gasteiger partial charge is 0.508 e. The molecule has 0 saturated carbocycles. The minimum Gasteiger partial charge on any atom is -0.508 e. The number of hydrogen-bond donors (Lipinski definition) is 4. The molecule has 4 saturated heterocycles. The van der Waals surface area contributed by atoms with Crippen LogP contribution >= 0.6 is 0 Å². The standard InChI is InChI=1S/C38H38O8/c39-24-7-1-21(2-8-24)35(22-3-9-25(40)10-4-22)36(23-5-11-26(41)12-6-23)37-31(13-27-17-43-27)33(15-29-19-45-29)38(42)34(16-30-20-46-30)32(37)14-28-18-44-28/h1-12,27-30,35-36,39-42H,13-20H2. The fraction of sp³-hybridized carbons (Fsp3) is 0.368. The second-order valence-corrected chi connectivity index (χ2v) is 13.0. The molecule has 5 atom stereocenters. The molecular formula is C38H38O8. The van der Waals surface area contributed by atoms with Gasteiger partial charge in [-0.15, -0.1) is 0 Å². The molecule has 4 fully saturated rings. The summed E-state index contributed by atoms with van der Waals surface area (Å²) in [6.07, 6.45) is 2.72. The Hall–Kier alpha value is -4.08. The summed E-state index contributed by atoms with van der Waals surface area (Å²) in [5.74, 6) is 0.316. The number of aromatic hydroxyl groups is 4. The first-order valence-electron chi connectivity index (χ1n) is 16.1. The van der Waals surface area contributed by atoms with Gasteiger partial charge in [0.25, 0.3) is 0 Å². The quantitative estimate of drug-likeness (QED) is 0.149. The maximum absolute atomic E-state index is 12.1. The fourth-order valence-corrected chi connectivity index (χ4v) is 7.06. The lowest BCUT2D eigenvalue weighted by Gasteiger charge is -2.35. The molecule has 238 valence electrons. The lowest BCUT2D eigenvalue weighted by atomic mass is 9.68. The Labute approximate surface area is 267 Å². The first kappa shape index (κ1) is 29.3. The summed E-state index contributed by atoms with van der Waals surface area (Å²) in [4.78, 5) is 0. The molecule has 46 heavy (non-hydrogen) atoms. The molecule has 4 aliphatic heterocycles. The highest BCUT2D eigenvalue weighted by Crippen LogP contribution is 2.51. The zero-order valence-corrected chi connectivity index (χ0v) is 25.5. The Morgan fingerprint density at radius 2 is 0.717 bits per heavy atom. The minimum atomic E-state index is -0.282. The average Bonchev–Trinajstić information content (AvgIpc) is 3.85. The highest BCUT2D eigenvalue weighted by Gasteiger charge is 2.41. The molecule has 0 aliphatic carbocycles. The van der Waals surface area contributed by atoms with E-state index in [1.165, 1.54) is 0 Å². The van der Waals surface area contributed by atoms with Gasteiger partial charge in [-0.3, -0.25) is 0 Å². The summed E-state index contributed by atoms with van der Waals surface area (Å²) in [5, 5.41) is 43.1. The summed E-state index contributed by atoms with van der Waals surface area (Å²) in [6, 6.07) is 22.0. The predicted octanol–water partition coefficient (Wildman–Crippen LogP) is 5.24. The number of ether oxygens (including phenoxy) is 4. The molecule has 4 aromatic rings. The van der Waals surface area contributed by atoms with Crippen LogP contribution in [-0.4, -0.2) is 71.3 Å². The molecule has 0 amide bonds. The Morgan fingerprint density at radius 1 is 0.435 bits per heavy atom. The van der Waals surface area contributed by atoms with Gasteiger partial charge in [0, 0.05) is 48.6 Å². The highest BCUT2D eigenvalue weighted by molar-refractivity contribution is 5.62. The van der Waals surface area contributed by atoms with Gasteiger partial charge in [-0.1, -0.05) is 36.4 Å². The molecule has 8 nitrogen and oxygen atoms in total. The van der Waals surface area contributed by atoms with Crippen molar-refractivity contribution in [1.29, 1.82) is 0 Å². The molecule has 4 N–H and O–H groups in total. The number of phenols is 4. The van der Waals surface area contributed by atoms with Crippen LogP contribution in [0.5, 0.6) is 23.0 Å². The van der Waals surface area contributed by atoms with Crippen LogP contribution in [0, 0.1) is 0 Å². The molecule has 4 aromatic carbocycles. The van der Waals surface area contributed by atoms with Crippen molar-refractivity contribution >= 4 is 0 Å². The molecule has 4 heterocycles. The van der Waals surface area contributed by atoms with E-state index in [9.17, 15) is 20.4 Å². The van der Waals surface area contributed by atoms with Gasteiger partial charge in [-0.05, 0) is 69.8 Å². The van der Waals surface area contributed by atoms with Gasteiger partial charge in [0.05, 0.1) is 50.8 Å². The maximum Gasteiger partial charge on any atom is 0.122 e. The van der Waals surface area contributed by atoms with E-state index < -0.39 is 0 Å². The minimum absolute atomic E-state index is 0.0531. The van der Waals surface area contributed by atoms with E-state index in [0.717, 1.165) is 44.5 Å². The SMILES string of the molecule is Oc1ccc(C(c2ccc(O)cc2)C(c2ccc(O)cc2)c2c(CC3CO3)c(CC3CO3)c(O)c(CC3CO3)c2CC2CO2)cc1. The molecule has 8 rings (SSSR count). The third-order valence-electron chi connectivity index (χ3n) is 9.69. The Kier molecular flexibility index (Phi) is 7.61. The van der Waals surface area contributed by atoms with Crippen LogP contribution in [0.2, 0.25) is 0 Å². The van der Waals surface area contributed by atoms with Crippen LogP contribution in [0.25, 0.3) is 0 Å². The third-order valence-corrected chi connectivity index (χ3v) is 9.69. The normalized spacial score (nSPS) is 23.3. The van der Waals surface area contributed by atoms with Crippen LogP contribution in [0.3, 0.4) is 0 Å². The van der Waals surface area contributed by atoms with Gasteiger partial charge in [0.1, 0.15) is 23.0 Å². The Balaban J connectivity index is 1.44. The molecule has 0 spiro atoms. The van der Waals surface area contributed by atoms with E-state index in [4.69, 9.17) is 18.9 Å². The van der Waals surface area contributed by atoms with E-state index in [-0.39, 0.29) is 53.5 Å². The van der Waals surface area contributed by atoms with Crippen molar-refractivity contribution in [3.8, 4) is 23.0 Å². The van der Waals surface area contributed by atoms with E-state index in [1.807, 2.05) is 36.4 Å². The summed E-state index contributed by atoms with van der Waals surface area (Å²) in [6.45, 7) is 2.67. The van der Waals surface area contributed by atoms with Gasteiger partial charge in [-0.2, -0.15) is 0 Å². The Bertz CT molecular complexity index is 1600. The van der Waals surface area contributed by atoms with Crippen LogP contribution in [0.1, 0.15) is 56.3 Å². The van der Waals surface area contributed by atoms with Crippen molar-refractivity contribution in [3.63, 3.8) is 0 Å².